The Bertz CT molecular complexity index is 602. The van der Waals surface area contributed by atoms with E-state index < -0.39 is 9.84 Å². The molecule has 1 rings (SSSR count). The summed E-state index contributed by atoms with van der Waals surface area (Å²) < 4.78 is 22.5. The van der Waals surface area contributed by atoms with E-state index in [0.717, 1.165) is 11.8 Å². The van der Waals surface area contributed by atoms with Crippen LogP contribution >= 0.6 is 23.2 Å². The van der Waals surface area contributed by atoms with Crippen molar-refractivity contribution < 1.29 is 13.2 Å². The molecule has 1 unspecified atom stereocenters. The first kappa shape index (κ1) is 17.3. The number of hydrogen-bond acceptors (Lipinski definition) is 3. The average Bonchev–Trinajstić information content (AvgIpc) is 2.30. The number of nitrogens with zero attached hydrogens (tertiary/aromatic N) is 1. The lowest BCUT2D eigenvalue weighted by Gasteiger charge is -2.24. The molecule has 0 aliphatic heterocycles. The molecule has 0 saturated carbocycles. The number of carbonyl (C=O) groups excluding carboxylic acids is 1. The minimum Gasteiger partial charge on any atom is -0.342 e. The van der Waals surface area contributed by atoms with E-state index in [2.05, 4.69) is 0 Å². The summed E-state index contributed by atoms with van der Waals surface area (Å²) in [5.41, 5.74) is 0.739. The van der Waals surface area contributed by atoms with Crippen LogP contribution in [0.5, 0.6) is 0 Å². The van der Waals surface area contributed by atoms with E-state index in [4.69, 9.17) is 23.2 Å². The molecule has 0 spiro atoms. The zero-order valence-electron chi connectivity index (χ0n) is 11.6. The Kier molecular flexibility index (Phi) is 5.86. The zero-order valence-corrected chi connectivity index (χ0v) is 13.9. The summed E-state index contributed by atoms with van der Waals surface area (Å²) >= 11 is 11.7. The van der Waals surface area contributed by atoms with Gasteiger partial charge < -0.3 is 4.90 Å². The smallest absolute Gasteiger partial charge is 0.227 e. The highest BCUT2D eigenvalue weighted by Crippen LogP contribution is 2.23. The van der Waals surface area contributed by atoms with Crippen molar-refractivity contribution in [1.29, 1.82) is 0 Å². The lowest BCUT2D eigenvalue weighted by atomic mass is 10.1. The summed E-state index contributed by atoms with van der Waals surface area (Å²) in [7, 11) is -1.53. The number of sulfone groups is 1. The van der Waals surface area contributed by atoms with Crippen molar-refractivity contribution in [2.75, 3.05) is 19.1 Å². The van der Waals surface area contributed by atoms with Crippen molar-refractivity contribution in [3.63, 3.8) is 0 Å². The number of rotatable bonds is 5. The van der Waals surface area contributed by atoms with Crippen molar-refractivity contribution in [3.05, 3.63) is 33.8 Å². The van der Waals surface area contributed by atoms with Crippen LogP contribution in [0.3, 0.4) is 0 Å². The number of halogens is 2. The third-order valence-corrected chi connectivity index (χ3v) is 4.76. The maximum absolute atomic E-state index is 12.1. The van der Waals surface area contributed by atoms with Gasteiger partial charge in [0.2, 0.25) is 5.91 Å². The third-order valence-electron chi connectivity index (χ3n) is 2.94. The summed E-state index contributed by atoms with van der Waals surface area (Å²) in [6.45, 7) is 1.70. The second-order valence-corrected chi connectivity index (χ2v) is 7.87. The zero-order chi connectivity index (χ0) is 15.5. The van der Waals surface area contributed by atoms with Crippen LogP contribution in [0.4, 0.5) is 0 Å². The van der Waals surface area contributed by atoms with Gasteiger partial charge in [0.15, 0.2) is 0 Å². The van der Waals surface area contributed by atoms with E-state index in [1.807, 2.05) is 0 Å². The van der Waals surface area contributed by atoms with E-state index in [9.17, 15) is 13.2 Å². The first-order valence-corrected chi connectivity index (χ1v) is 8.79. The van der Waals surface area contributed by atoms with Gasteiger partial charge in [-0.1, -0.05) is 29.3 Å². The average molecular weight is 338 g/mol. The maximum Gasteiger partial charge on any atom is 0.227 e. The summed E-state index contributed by atoms with van der Waals surface area (Å²) in [4.78, 5) is 13.5. The van der Waals surface area contributed by atoms with E-state index in [1.54, 1.807) is 32.2 Å². The lowest BCUT2D eigenvalue weighted by molar-refractivity contribution is -0.130. The molecule has 1 aromatic rings. The number of carbonyl (C=O) groups is 1. The molecule has 112 valence electrons. The second kappa shape index (κ2) is 6.78. The van der Waals surface area contributed by atoms with Gasteiger partial charge in [0.05, 0.1) is 22.2 Å². The molecule has 20 heavy (non-hydrogen) atoms. The minimum atomic E-state index is -3.12. The molecule has 0 aliphatic rings. The van der Waals surface area contributed by atoms with Gasteiger partial charge in [0.25, 0.3) is 0 Å². The van der Waals surface area contributed by atoms with Crippen molar-refractivity contribution in [3.8, 4) is 0 Å². The van der Waals surface area contributed by atoms with Crippen LogP contribution in [0.15, 0.2) is 18.2 Å². The molecule has 0 fully saturated rings. The summed E-state index contributed by atoms with van der Waals surface area (Å²) in [5.74, 6) is -0.226. The fourth-order valence-corrected chi connectivity index (χ4v) is 3.17. The Morgan fingerprint density at radius 3 is 2.40 bits per heavy atom. The Labute approximate surface area is 129 Å². The molecule has 1 atom stereocenters. The second-order valence-electron chi connectivity index (χ2n) is 4.87. The minimum absolute atomic E-state index is 0.0589. The Morgan fingerprint density at radius 1 is 1.30 bits per heavy atom. The highest BCUT2D eigenvalue weighted by molar-refractivity contribution is 7.90. The van der Waals surface area contributed by atoms with Gasteiger partial charge in [-0.05, 0) is 24.6 Å². The first-order chi connectivity index (χ1) is 9.10. The fourth-order valence-electron chi connectivity index (χ4n) is 1.74. The lowest BCUT2D eigenvalue weighted by Crippen LogP contribution is -2.40. The molecule has 0 radical (unpaired) electrons. The third kappa shape index (κ3) is 5.31. The number of hydrogen-bond donors (Lipinski definition) is 0. The molecule has 1 amide bonds. The topological polar surface area (TPSA) is 54.5 Å². The maximum atomic E-state index is 12.1. The summed E-state index contributed by atoms with van der Waals surface area (Å²) in [6, 6.07) is 4.62. The molecule has 7 heteroatoms. The molecule has 0 aliphatic carbocycles. The molecule has 0 N–H and O–H groups in total. The van der Waals surface area contributed by atoms with Gasteiger partial charge in [0.1, 0.15) is 9.84 Å². The molecule has 4 nitrogen and oxygen atoms in total. The van der Waals surface area contributed by atoms with E-state index in [-0.39, 0.29) is 24.1 Å². The van der Waals surface area contributed by atoms with Crippen molar-refractivity contribution >= 4 is 38.9 Å². The summed E-state index contributed by atoms with van der Waals surface area (Å²) in [6.07, 6.45) is 1.31. The molecule has 0 bridgehead atoms. The van der Waals surface area contributed by atoms with Gasteiger partial charge in [-0.2, -0.15) is 0 Å². The van der Waals surface area contributed by atoms with Crippen LogP contribution in [0.2, 0.25) is 10.0 Å². The summed E-state index contributed by atoms with van der Waals surface area (Å²) in [5, 5.41) is 0.825. The Hall–Kier alpha value is -0.780. The van der Waals surface area contributed by atoms with Gasteiger partial charge in [-0.3, -0.25) is 4.79 Å². The molecular weight excluding hydrogens is 321 g/mol. The SMILES string of the molecule is CC(CS(C)(=O)=O)N(C)C(=O)Cc1ccc(Cl)c(Cl)c1. The molecule has 1 aromatic carbocycles. The molecule has 0 aromatic heterocycles. The monoisotopic (exact) mass is 337 g/mol. The van der Waals surface area contributed by atoms with Crippen LogP contribution in [-0.2, 0) is 21.1 Å². The Balaban J connectivity index is 2.72. The fraction of sp³-hybridized carbons (Fsp3) is 0.462. The van der Waals surface area contributed by atoms with E-state index in [0.29, 0.717) is 10.0 Å². The standard InChI is InChI=1S/C13H17Cl2NO3S/c1-9(8-20(3,18)19)16(2)13(17)7-10-4-5-11(14)12(15)6-10/h4-6,9H,7-8H2,1-3H3. The quantitative estimate of drug-likeness (QED) is 0.829. The van der Waals surface area contributed by atoms with Gasteiger partial charge in [-0.25, -0.2) is 8.42 Å². The predicted molar refractivity (Wildman–Crippen MR) is 82.1 cm³/mol. The van der Waals surface area contributed by atoms with Gasteiger partial charge in [-0.15, -0.1) is 0 Å². The number of benzene rings is 1. The number of amides is 1. The van der Waals surface area contributed by atoms with E-state index in [1.165, 1.54) is 4.90 Å². The van der Waals surface area contributed by atoms with Crippen molar-refractivity contribution in [2.24, 2.45) is 0 Å². The largest absolute Gasteiger partial charge is 0.342 e. The normalized spacial score (nSPS) is 13.1. The van der Waals surface area contributed by atoms with Gasteiger partial charge in [0, 0.05) is 19.3 Å². The first-order valence-electron chi connectivity index (χ1n) is 5.97. The highest BCUT2D eigenvalue weighted by atomic mass is 35.5. The van der Waals surface area contributed by atoms with Crippen molar-refractivity contribution in [2.45, 2.75) is 19.4 Å². The molecular formula is C13H17Cl2NO3S. The van der Waals surface area contributed by atoms with Crippen LogP contribution in [0.25, 0.3) is 0 Å². The molecule has 0 heterocycles. The Morgan fingerprint density at radius 2 is 1.90 bits per heavy atom. The molecule has 0 saturated heterocycles. The number of likely N-dealkylation sites (N-methyl/N-ethyl adjacent to an activating group) is 1. The van der Waals surface area contributed by atoms with Crippen LogP contribution in [-0.4, -0.2) is 44.3 Å². The predicted octanol–water partition coefficient (Wildman–Crippen LogP) is 2.43. The van der Waals surface area contributed by atoms with E-state index >= 15 is 0 Å². The van der Waals surface area contributed by atoms with Crippen LogP contribution in [0.1, 0.15) is 12.5 Å². The van der Waals surface area contributed by atoms with Gasteiger partial charge >= 0.3 is 0 Å². The van der Waals surface area contributed by atoms with Crippen LogP contribution in [0, 0.1) is 0 Å². The van der Waals surface area contributed by atoms with Crippen LogP contribution < -0.4 is 0 Å². The van der Waals surface area contributed by atoms with Crippen molar-refractivity contribution in [1.82, 2.24) is 4.90 Å². The highest BCUT2D eigenvalue weighted by Gasteiger charge is 2.20.